The van der Waals surface area contributed by atoms with Gasteiger partial charge in [-0.05, 0) is 53.9 Å². The van der Waals surface area contributed by atoms with E-state index < -0.39 is 11.2 Å². The summed E-state index contributed by atoms with van der Waals surface area (Å²) in [5.74, 6) is -0.669. The Kier molecular flexibility index (Phi) is 7.88. The van der Waals surface area contributed by atoms with Gasteiger partial charge in [-0.25, -0.2) is 0 Å². The number of nitriles is 1. The SMILES string of the molecule is N#CC(C(=O)NCc1ccccc1)=C1SC(Cc2cccc(Br)c2)C(=O)N1c1ccc(Br)cc1. The first-order valence-electron chi connectivity index (χ1n) is 10.4. The van der Waals surface area contributed by atoms with Gasteiger partial charge in [0.25, 0.3) is 5.91 Å². The minimum absolute atomic E-state index is 0.0751. The number of nitrogens with one attached hydrogen (secondary N) is 1. The summed E-state index contributed by atoms with van der Waals surface area (Å²) in [4.78, 5) is 28.0. The van der Waals surface area contributed by atoms with E-state index in [1.165, 1.54) is 16.7 Å². The molecule has 4 rings (SSSR count). The Hall–Kier alpha value is -2.86. The Labute approximate surface area is 219 Å². The van der Waals surface area contributed by atoms with Gasteiger partial charge in [-0.1, -0.05) is 86.1 Å². The van der Waals surface area contributed by atoms with Crippen LogP contribution in [0, 0.1) is 11.3 Å². The first kappa shape index (κ1) is 24.3. The third-order valence-corrected chi connectivity index (χ3v) is 7.48. The highest BCUT2D eigenvalue weighted by atomic mass is 79.9. The summed E-state index contributed by atoms with van der Waals surface area (Å²) in [6, 6.07) is 26.5. The van der Waals surface area contributed by atoms with Crippen LogP contribution in [0.2, 0.25) is 0 Å². The van der Waals surface area contributed by atoms with Gasteiger partial charge in [0.15, 0.2) is 0 Å². The summed E-state index contributed by atoms with van der Waals surface area (Å²) in [6.07, 6.45) is 0.476. The Morgan fingerprint density at radius 1 is 0.971 bits per heavy atom. The second kappa shape index (κ2) is 11.0. The van der Waals surface area contributed by atoms with Crippen molar-refractivity contribution >= 4 is 61.1 Å². The predicted octanol–water partition coefficient (Wildman–Crippen LogP) is 5.95. The van der Waals surface area contributed by atoms with E-state index in [1.54, 1.807) is 12.1 Å². The molecule has 3 aromatic rings. The van der Waals surface area contributed by atoms with Gasteiger partial charge in [0.1, 0.15) is 16.7 Å². The molecule has 170 valence electrons. The lowest BCUT2D eigenvalue weighted by atomic mass is 10.1. The maximum absolute atomic E-state index is 13.5. The van der Waals surface area contributed by atoms with Crippen LogP contribution in [0.25, 0.3) is 0 Å². The molecule has 0 bridgehead atoms. The van der Waals surface area contributed by atoms with Gasteiger partial charge >= 0.3 is 0 Å². The van der Waals surface area contributed by atoms with Crippen molar-refractivity contribution in [1.29, 1.82) is 5.26 Å². The van der Waals surface area contributed by atoms with Crippen LogP contribution in [-0.4, -0.2) is 17.1 Å². The lowest BCUT2D eigenvalue weighted by molar-refractivity contribution is -0.117. The number of anilines is 1. The molecule has 1 aliphatic rings. The van der Waals surface area contributed by atoms with Gasteiger partial charge in [-0.3, -0.25) is 14.5 Å². The lowest BCUT2D eigenvalue weighted by Gasteiger charge is -2.19. The second-order valence-corrected chi connectivity index (χ2v) is 10.6. The van der Waals surface area contributed by atoms with E-state index in [4.69, 9.17) is 0 Å². The smallest absolute Gasteiger partial charge is 0.264 e. The third kappa shape index (κ3) is 5.61. The monoisotopic (exact) mass is 595 g/mol. The van der Waals surface area contributed by atoms with Crippen molar-refractivity contribution in [3.05, 3.63) is 110 Å². The van der Waals surface area contributed by atoms with Crippen LogP contribution in [0.3, 0.4) is 0 Å². The molecule has 1 atom stereocenters. The zero-order valence-electron chi connectivity index (χ0n) is 17.9. The minimum atomic E-state index is -0.508. The van der Waals surface area contributed by atoms with E-state index in [0.717, 1.165) is 20.1 Å². The van der Waals surface area contributed by atoms with Crippen molar-refractivity contribution in [2.75, 3.05) is 4.90 Å². The minimum Gasteiger partial charge on any atom is -0.347 e. The lowest BCUT2D eigenvalue weighted by Crippen LogP contribution is -2.32. The van der Waals surface area contributed by atoms with E-state index in [-0.39, 0.29) is 18.0 Å². The normalized spacial score (nSPS) is 16.8. The van der Waals surface area contributed by atoms with E-state index in [1.807, 2.05) is 72.8 Å². The summed E-state index contributed by atoms with van der Waals surface area (Å²) in [5, 5.41) is 12.6. The van der Waals surface area contributed by atoms with Crippen molar-refractivity contribution in [2.24, 2.45) is 0 Å². The van der Waals surface area contributed by atoms with E-state index in [2.05, 4.69) is 37.2 Å². The number of rotatable bonds is 6. The fraction of sp³-hybridized carbons (Fsp3) is 0.115. The Morgan fingerprint density at radius 2 is 1.68 bits per heavy atom. The van der Waals surface area contributed by atoms with E-state index >= 15 is 0 Å². The topological polar surface area (TPSA) is 73.2 Å². The van der Waals surface area contributed by atoms with Crippen LogP contribution >= 0.6 is 43.6 Å². The summed E-state index contributed by atoms with van der Waals surface area (Å²) in [7, 11) is 0. The number of hydrogen-bond donors (Lipinski definition) is 1. The summed E-state index contributed by atoms with van der Waals surface area (Å²) >= 11 is 8.14. The molecule has 1 N–H and O–H groups in total. The van der Waals surface area contributed by atoms with Crippen LogP contribution in [0.5, 0.6) is 0 Å². The molecule has 0 aliphatic carbocycles. The molecule has 5 nitrogen and oxygen atoms in total. The zero-order chi connectivity index (χ0) is 24.1. The molecule has 1 fully saturated rings. The molecule has 3 aromatic carbocycles. The summed E-state index contributed by atoms with van der Waals surface area (Å²) in [6.45, 7) is 0.288. The third-order valence-electron chi connectivity index (χ3n) is 5.20. The highest BCUT2D eigenvalue weighted by molar-refractivity contribution is 9.10. The highest BCUT2D eigenvalue weighted by Gasteiger charge is 2.40. The average molecular weight is 597 g/mol. The number of thioether (sulfide) groups is 1. The fourth-order valence-electron chi connectivity index (χ4n) is 3.56. The largest absolute Gasteiger partial charge is 0.347 e. The second-order valence-electron chi connectivity index (χ2n) is 7.55. The number of benzene rings is 3. The molecule has 1 aliphatic heterocycles. The molecule has 0 spiro atoms. The Morgan fingerprint density at radius 3 is 2.35 bits per heavy atom. The standard InChI is InChI=1S/C26H19Br2N3O2S/c27-19-9-11-21(12-10-19)31-25(33)23(14-18-7-4-8-20(28)13-18)34-26(31)22(15-29)24(32)30-16-17-5-2-1-3-6-17/h1-13,23H,14,16H2,(H,30,32). The molecule has 0 saturated carbocycles. The van der Waals surface area contributed by atoms with Crippen molar-refractivity contribution in [2.45, 2.75) is 18.2 Å². The maximum Gasteiger partial charge on any atom is 0.264 e. The number of amides is 2. The first-order valence-corrected chi connectivity index (χ1v) is 12.9. The average Bonchev–Trinajstić information content (AvgIpc) is 3.15. The highest BCUT2D eigenvalue weighted by Crippen LogP contribution is 2.42. The molecule has 1 unspecified atom stereocenters. The predicted molar refractivity (Wildman–Crippen MR) is 142 cm³/mol. The van der Waals surface area contributed by atoms with Crippen LogP contribution in [0.15, 0.2) is 98.4 Å². The quantitative estimate of drug-likeness (QED) is 0.282. The van der Waals surface area contributed by atoms with Gasteiger partial charge in [0, 0.05) is 21.2 Å². The van der Waals surface area contributed by atoms with Crippen LogP contribution < -0.4 is 10.2 Å². The van der Waals surface area contributed by atoms with Crippen LogP contribution in [0.4, 0.5) is 5.69 Å². The number of halogens is 2. The zero-order valence-corrected chi connectivity index (χ0v) is 21.9. The number of carbonyl (C=O) groups excluding carboxylic acids is 2. The van der Waals surface area contributed by atoms with Crippen LogP contribution in [-0.2, 0) is 22.6 Å². The molecule has 0 radical (unpaired) electrons. The first-order chi connectivity index (χ1) is 16.5. The molecule has 1 saturated heterocycles. The summed E-state index contributed by atoms with van der Waals surface area (Å²) in [5.41, 5.74) is 2.44. The van der Waals surface area contributed by atoms with Gasteiger partial charge in [0.2, 0.25) is 5.91 Å². The van der Waals surface area contributed by atoms with E-state index in [0.29, 0.717) is 17.1 Å². The van der Waals surface area contributed by atoms with Crippen molar-refractivity contribution < 1.29 is 9.59 Å². The Balaban J connectivity index is 1.67. The van der Waals surface area contributed by atoms with Crippen molar-refractivity contribution in [3.63, 3.8) is 0 Å². The fourth-order valence-corrected chi connectivity index (χ4v) is 5.58. The van der Waals surface area contributed by atoms with Gasteiger partial charge < -0.3 is 5.32 Å². The van der Waals surface area contributed by atoms with Gasteiger partial charge in [0.05, 0.1) is 5.25 Å². The maximum atomic E-state index is 13.5. The van der Waals surface area contributed by atoms with Crippen molar-refractivity contribution in [3.8, 4) is 6.07 Å². The van der Waals surface area contributed by atoms with Gasteiger partial charge in [-0.15, -0.1) is 0 Å². The molecule has 1 heterocycles. The Bertz CT molecular complexity index is 1290. The molecule has 0 aromatic heterocycles. The van der Waals surface area contributed by atoms with Gasteiger partial charge in [-0.2, -0.15) is 5.26 Å². The number of nitrogens with zero attached hydrogens (tertiary/aromatic N) is 2. The number of hydrogen-bond acceptors (Lipinski definition) is 4. The molecule has 2 amide bonds. The molecule has 34 heavy (non-hydrogen) atoms. The molecule has 8 heteroatoms. The van der Waals surface area contributed by atoms with Crippen molar-refractivity contribution in [1.82, 2.24) is 5.32 Å². The summed E-state index contributed by atoms with van der Waals surface area (Å²) < 4.78 is 1.80. The molecular formula is C26H19Br2N3O2S. The van der Waals surface area contributed by atoms with Crippen LogP contribution in [0.1, 0.15) is 11.1 Å². The van der Waals surface area contributed by atoms with E-state index in [9.17, 15) is 14.9 Å². The molecular weight excluding hydrogens is 578 g/mol. The number of carbonyl (C=O) groups is 2.